The van der Waals surface area contributed by atoms with Crippen molar-refractivity contribution in [1.82, 2.24) is 0 Å². The van der Waals surface area contributed by atoms with Crippen molar-refractivity contribution in [3.8, 4) is 0 Å². The first-order valence-electron chi connectivity index (χ1n) is 4.83. The summed E-state index contributed by atoms with van der Waals surface area (Å²) in [5.41, 5.74) is 0. The van der Waals surface area contributed by atoms with E-state index in [0.29, 0.717) is 4.90 Å². The second-order valence-corrected chi connectivity index (χ2v) is 5.73. The molecule has 0 amide bonds. The standard InChI is InChI=1S/C11H13BrO3S/c1-8(2)15-11(13)7-16(14)10-6-4-3-5-9(10)12/h3-6,8H,7H2,1-2H3. The summed E-state index contributed by atoms with van der Waals surface area (Å²) < 4.78 is 17.5. The minimum Gasteiger partial charge on any atom is -0.462 e. The molecule has 0 radical (unpaired) electrons. The maximum Gasteiger partial charge on any atom is 0.319 e. The third-order valence-corrected chi connectivity index (χ3v) is 4.00. The molecule has 1 aromatic rings. The number of benzene rings is 1. The Balaban J connectivity index is 2.66. The predicted octanol–water partition coefficient (Wildman–Crippen LogP) is 2.51. The highest BCUT2D eigenvalue weighted by Gasteiger charge is 2.14. The molecule has 0 N–H and O–H groups in total. The molecule has 16 heavy (non-hydrogen) atoms. The van der Waals surface area contributed by atoms with Gasteiger partial charge in [0.1, 0.15) is 5.75 Å². The molecule has 0 aliphatic carbocycles. The molecule has 0 spiro atoms. The van der Waals surface area contributed by atoms with Gasteiger partial charge in [-0.1, -0.05) is 12.1 Å². The van der Waals surface area contributed by atoms with Crippen LogP contribution < -0.4 is 0 Å². The van der Waals surface area contributed by atoms with Crippen molar-refractivity contribution in [2.45, 2.75) is 24.8 Å². The van der Waals surface area contributed by atoms with E-state index in [1.54, 1.807) is 32.0 Å². The number of carbonyl (C=O) groups is 1. The number of hydrogen-bond acceptors (Lipinski definition) is 3. The molecule has 1 unspecified atom stereocenters. The first-order valence-corrected chi connectivity index (χ1v) is 6.94. The normalized spacial score (nSPS) is 12.5. The van der Waals surface area contributed by atoms with Gasteiger partial charge in [-0.25, -0.2) is 0 Å². The maximum atomic E-state index is 11.8. The van der Waals surface area contributed by atoms with Crippen molar-refractivity contribution in [2.75, 3.05) is 5.75 Å². The zero-order chi connectivity index (χ0) is 12.1. The zero-order valence-electron chi connectivity index (χ0n) is 9.10. The lowest BCUT2D eigenvalue weighted by atomic mass is 10.4. The van der Waals surface area contributed by atoms with Gasteiger partial charge in [-0.05, 0) is 41.9 Å². The van der Waals surface area contributed by atoms with Crippen LogP contribution in [0.5, 0.6) is 0 Å². The Hall–Kier alpha value is -0.680. The molecule has 0 heterocycles. The molecule has 3 nitrogen and oxygen atoms in total. The molecule has 0 aliphatic rings. The SMILES string of the molecule is CC(C)OC(=O)CS(=O)c1ccccc1Br. The van der Waals surface area contributed by atoms with E-state index >= 15 is 0 Å². The third kappa shape index (κ3) is 4.06. The molecule has 1 rings (SSSR count). The van der Waals surface area contributed by atoms with Crippen LogP contribution in [0.2, 0.25) is 0 Å². The van der Waals surface area contributed by atoms with Gasteiger partial charge < -0.3 is 4.74 Å². The molecule has 0 saturated carbocycles. The van der Waals surface area contributed by atoms with Crippen molar-refractivity contribution in [1.29, 1.82) is 0 Å². The first kappa shape index (κ1) is 13.4. The summed E-state index contributed by atoms with van der Waals surface area (Å²) in [5, 5.41) is 0. The summed E-state index contributed by atoms with van der Waals surface area (Å²) in [6.45, 7) is 3.53. The number of ether oxygens (including phenoxy) is 1. The van der Waals surface area contributed by atoms with Gasteiger partial charge in [0.25, 0.3) is 0 Å². The lowest BCUT2D eigenvalue weighted by Crippen LogP contribution is -2.18. The van der Waals surface area contributed by atoms with E-state index in [1.807, 2.05) is 6.07 Å². The number of hydrogen-bond donors (Lipinski definition) is 0. The molecule has 0 aromatic heterocycles. The lowest BCUT2D eigenvalue weighted by Gasteiger charge is -2.08. The molecule has 5 heteroatoms. The zero-order valence-corrected chi connectivity index (χ0v) is 11.5. The summed E-state index contributed by atoms with van der Waals surface area (Å²) in [7, 11) is -1.36. The minimum absolute atomic E-state index is 0.110. The number of esters is 1. The quantitative estimate of drug-likeness (QED) is 0.803. The van der Waals surface area contributed by atoms with Crippen LogP contribution >= 0.6 is 15.9 Å². The molecular weight excluding hydrogens is 292 g/mol. The molecule has 0 aliphatic heterocycles. The Morgan fingerprint density at radius 2 is 2.06 bits per heavy atom. The maximum absolute atomic E-state index is 11.8. The van der Waals surface area contributed by atoms with Gasteiger partial charge >= 0.3 is 5.97 Å². The molecule has 0 saturated heterocycles. The monoisotopic (exact) mass is 304 g/mol. The van der Waals surface area contributed by atoms with Crippen LogP contribution in [0, 0.1) is 0 Å². The molecule has 1 aromatic carbocycles. The highest BCUT2D eigenvalue weighted by molar-refractivity contribution is 9.10. The van der Waals surface area contributed by atoms with Crippen LogP contribution in [0.25, 0.3) is 0 Å². The fourth-order valence-electron chi connectivity index (χ4n) is 1.11. The summed E-state index contributed by atoms with van der Waals surface area (Å²) >= 11 is 3.29. The van der Waals surface area contributed by atoms with Crippen LogP contribution in [0.15, 0.2) is 33.6 Å². The average Bonchev–Trinajstić information content (AvgIpc) is 2.16. The van der Waals surface area contributed by atoms with E-state index in [2.05, 4.69) is 15.9 Å². The highest BCUT2D eigenvalue weighted by atomic mass is 79.9. The topological polar surface area (TPSA) is 43.4 Å². The molecule has 1 atom stereocenters. The summed E-state index contributed by atoms with van der Waals surface area (Å²) in [5.74, 6) is -0.551. The van der Waals surface area contributed by atoms with Crippen LogP contribution in [0.3, 0.4) is 0 Å². The van der Waals surface area contributed by atoms with Gasteiger partial charge in [0.05, 0.1) is 21.8 Å². The van der Waals surface area contributed by atoms with Gasteiger partial charge in [0.2, 0.25) is 0 Å². The van der Waals surface area contributed by atoms with Crippen LogP contribution in [0.4, 0.5) is 0 Å². The lowest BCUT2D eigenvalue weighted by molar-refractivity contribution is -0.144. The van der Waals surface area contributed by atoms with Crippen LogP contribution in [-0.4, -0.2) is 22.0 Å². The predicted molar refractivity (Wildman–Crippen MR) is 66.6 cm³/mol. The Kier molecular flexibility index (Phi) is 5.15. The fraction of sp³-hybridized carbons (Fsp3) is 0.364. The Labute approximate surface area is 106 Å². The molecule has 0 fully saturated rings. The number of carbonyl (C=O) groups excluding carboxylic acids is 1. The first-order chi connectivity index (χ1) is 7.50. The van der Waals surface area contributed by atoms with E-state index in [9.17, 15) is 9.00 Å². The summed E-state index contributed by atoms with van der Waals surface area (Å²) in [4.78, 5) is 11.9. The van der Waals surface area contributed by atoms with E-state index in [1.165, 1.54) is 0 Å². The van der Waals surface area contributed by atoms with E-state index in [-0.39, 0.29) is 11.9 Å². The largest absolute Gasteiger partial charge is 0.462 e. The second-order valence-electron chi connectivity index (χ2n) is 3.46. The Morgan fingerprint density at radius 1 is 1.44 bits per heavy atom. The Bertz CT molecular complexity index is 404. The van der Waals surface area contributed by atoms with E-state index in [0.717, 1.165) is 4.47 Å². The van der Waals surface area contributed by atoms with Crippen molar-refractivity contribution in [2.24, 2.45) is 0 Å². The molecular formula is C11H13BrO3S. The van der Waals surface area contributed by atoms with Gasteiger partial charge in [-0.3, -0.25) is 9.00 Å². The highest BCUT2D eigenvalue weighted by Crippen LogP contribution is 2.19. The van der Waals surface area contributed by atoms with Crippen molar-refractivity contribution in [3.63, 3.8) is 0 Å². The van der Waals surface area contributed by atoms with Gasteiger partial charge in [0.15, 0.2) is 0 Å². The van der Waals surface area contributed by atoms with Gasteiger partial charge in [-0.2, -0.15) is 0 Å². The van der Waals surface area contributed by atoms with E-state index in [4.69, 9.17) is 4.74 Å². The van der Waals surface area contributed by atoms with Crippen molar-refractivity contribution >= 4 is 32.7 Å². The average molecular weight is 305 g/mol. The second kappa shape index (κ2) is 6.15. The minimum atomic E-state index is -1.36. The molecule has 88 valence electrons. The van der Waals surface area contributed by atoms with E-state index < -0.39 is 16.8 Å². The van der Waals surface area contributed by atoms with Gasteiger partial charge in [-0.15, -0.1) is 0 Å². The third-order valence-electron chi connectivity index (χ3n) is 1.70. The summed E-state index contributed by atoms with van der Waals surface area (Å²) in [6, 6.07) is 7.13. The van der Waals surface area contributed by atoms with Crippen molar-refractivity contribution < 1.29 is 13.7 Å². The van der Waals surface area contributed by atoms with Crippen molar-refractivity contribution in [3.05, 3.63) is 28.7 Å². The summed E-state index contributed by atoms with van der Waals surface area (Å²) in [6.07, 6.45) is -0.177. The smallest absolute Gasteiger partial charge is 0.319 e. The fourth-order valence-corrected chi connectivity index (χ4v) is 2.89. The number of rotatable bonds is 4. The van der Waals surface area contributed by atoms with Gasteiger partial charge in [0, 0.05) is 4.47 Å². The number of halogens is 1. The molecule has 0 bridgehead atoms. The Morgan fingerprint density at radius 3 is 2.62 bits per heavy atom. The van der Waals surface area contributed by atoms with Crippen LogP contribution in [0.1, 0.15) is 13.8 Å². The van der Waals surface area contributed by atoms with Crippen LogP contribution in [-0.2, 0) is 20.3 Å².